The molecule has 0 radical (unpaired) electrons. The Hall–Kier alpha value is -0.190. The lowest BCUT2D eigenvalue weighted by Crippen LogP contribution is -2.31. The zero-order chi connectivity index (χ0) is 10.7. The van der Waals surface area contributed by atoms with E-state index in [1.807, 2.05) is 17.8 Å². The van der Waals surface area contributed by atoms with Crippen molar-refractivity contribution >= 4 is 33.4 Å². The largest absolute Gasteiger partial charge is 0.398 e. The normalized spacial score (nSPS) is 21.5. The molecule has 1 aromatic carbocycles. The lowest BCUT2D eigenvalue weighted by Gasteiger charge is -2.22. The first-order chi connectivity index (χ1) is 7.25. The molecule has 1 aromatic rings. The molecular formula is C11H15BrN2S. The highest BCUT2D eigenvalue weighted by molar-refractivity contribution is 9.10. The summed E-state index contributed by atoms with van der Waals surface area (Å²) < 4.78 is 1.05. The quantitative estimate of drug-likeness (QED) is 0.821. The lowest BCUT2D eigenvalue weighted by atomic mass is 10.2. The van der Waals surface area contributed by atoms with Gasteiger partial charge in [-0.15, -0.1) is 11.8 Å². The average Bonchev–Trinajstić information content (AvgIpc) is 2.24. The van der Waals surface area contributed by atoms with Gasteiger partial charge >= 0.3 is 0 Å². The maximum absolute atomic E-state index is 5.97. The summed E-state index contributed by atoms with van der Waals surface area (Å²) in [4.78, 5) is 1.20. The first kappa shape index (κ1) is 11.3. The van der Waals surface area contributed by atoms with E-state index in [0.29, 0.717) is 5.25 Å². The number of hydrogen-bond acceptors (Lipinski definition) is 3. The molecule has 2 rings (SSSR count). The molecule has 82 valence electrons. The van der Waals surface area contributed by atoms with Crippen LogP contribution in [-0.2, 0) is 0 Å². The van der Waals surface area contributed by atoms with Crippen LogP contribution in [0.1, 0.15) is 12.8 Å². The highest BCUT2D eigenvalue weighted by Gasteiger charge is 2.15. The maximum atomic E-state index is 5.97. The Kier molecular flexibility index (Phi) is 3.94. The van der Waals surface area contributed by atoms with Crippen LogP contribution < -0.4 is 11.1 Å². The molecule has 0 bridgehead atoms. The molecule has 2 nitrogen and oxygen atoms in total. The molecule has 0 aromatic heterocycles. The summed E-state index contributed by atoms with van der Waals surface area (Å²) in [6, 6.07) is 6.12. The molecule has 0 spiro atoms. The van der Waals surface area contributed by atoms with E-state index in [4.69, 9.17) is 5.73 Å². The van der Waals surface area contributed by atoms with E-state index in [-0.39, 0.29) is 0 Å². The van der Waals surface area contributed by atoms with E-state index in [9.17, 15) is 0 Å². The number of rotatable bonds is 2. The lowest BCUT2D eigenvalue weighted by molar-refractivity contribution is 0.531. The molecule has 3 N–H and O–H groups in total. The molecule has 1 atom stereocenters. The van der Waals surface area contributed by atoms with Crippen molar-refractivity contribution in [3.63, 3.8) is 0 Å². The van der Waals surface area contributed by atoms with Gasteiger partial charge in [-0.25, -0.2) is 0 Å². The number of benzene rings is 1. The minimum absolute atomic E-state index is 0.669. The van der Waals surface area contributed by atoms with Crippen molar-refractivity contribution in [3.05, 3.63) is 22.7 Å². The topological polar surface area (TPSA) is 38.0 Å². The fourth-order valence-corrected chi connectivity index (χ4v) is 3.29. The summed E-state index contributed by atoms with van der Waals surface area (Å²) >= 11 is 5.31. The summed E-state index contributed by atoms with van der Waals surface area (Å²) in [7, 11) is 0. The van der Waals surface area contributed by atoms with Crippen molar-refractivity contribution in [2.24, 2.45) is 0 Å². The van der Waals surface area contributed by atoms with E-state index < -0.39 is 0 Å². The summed E-state index contributed by atoms with van der Waals surface area (Å²) in [6.07, 6.45) is 2.56. The minimum Gasteiger partial charge on any atom is -0.398 e. The van der Waals surface area contributed by atoms with Crippen LogP contribution in [0.5, 0.6) is 0 Å². The smallest absolute Gasteiger partial charge is 0.0463 e. The van der Waals surface area contributed by atoms with E-state index >= 15 is 0 Å². The number of halogens is 1. The predicted octanol–water partition coefficient (Wildman–Crippen LogP) is 2.88. The van der Waals surface area contributed by atoms with Crippen LogP contribution in [0.25, 0.3) is 0 Å². The zero-order valence-electron chi connectivity index (χ0n) is 8.50. The number of anilines is 1. The van der Waals surface area contributed by atoms with Crippen molar-refractivity contribution in [2.45, 2.75) is 23.0 Å². The Morgan fingerprint density at radius 2 is 2.33 bits per heavy atom. The number of nitrogens with two attached hydrogens (primary N) is 1. The molecule has 1 aliphatic heterocycles. The van der Waals surface area contributed by atoms with Gasteiger partial charge in [0.25, 0.3) is 0 Å². The van der Waals surface area contributed by atoms with Crippen LogP contribution in [0.3, 0.4) is 0 Å². The number of thioether (sulfide) groups is 1. The summed E-state index contributed by atoms with van der Waals surface area (Å²) in [5, 5.41) is 4.08. The summed E-state index contributed by atoms with van der Waals surface area (Å²) in [6.45, 7) is 2.26. The van der Waals surface area contributed by atoms with E-state index in [1.165, 1.54) is 17.7 Å². The Morgan fingerprint density at radius 1 is 1.47 bits per heavy atom. The molecule has 0 aliphatic carbocycles. The average molecular weight is 287 g/mol. The van der Waals surface area contributed by atoms with Gasteiger partial charge in [0.15, 0.2) is 0 Å². The Morgan fingerprint density at radius 3 is 3.00 bits per heavy atom. The van der Waals surface area contributed by atoms with Gasteiger partial charge in [0, 0.05) is 26.9 Å². The Bertz CT molecular complexity index is 337. The van der Waals surface area contributed by atoms with Crippen LogP contribution in [-0.4, -0.2) is 18.3 Å². The van der Waals surface area contributed by atoms with Gasteiger partial charge in [-0.2, -0.15) is 0 Å². The highest BCUT2D eigenvalue weighted by atomic mass is 79.9. The fraction of sp³-hybridized carbons (Fsp3) is 0.455. The minimum atomic E-state index is 0.669. The van der Waals surface area contributed by atoms with Crippen LogP contribution in [0, 0.1) is 0 Å². The van der Waals surface area contributed by atoms with Gasteiger partial charge in [0.05, 0.1) is 0 Å². The number of nitrogen functional groups attached to an aromatic ring is 1. The van der Waals surface area contributed by atoms with Crippen LogP contribution >= 0.6 is 27.7 Å². The standard InChI is InChI=1S/C11H15BrN2S/c12-8-3-4-11(10(13)6-8)15-9-2-1-5-14-7-9/h3-4,6,9,14H,1-2,5,7,13H2. The van der Waals surface area contributed by atoms with Crippen LogP contribution in [0.15, 0.2) is 27.6 Å². The van der Waals surface area contributed by atoms with Gasteiger partial charge < -0.3 is 11.1 Å². The maximum Gasteiger partial charge on any atom is 0.0463 e. The van der Waals surface area contributed by atoms with E-state index in [1.54, 1.807) is 0 Å². The highest BCUT2D eigenvalue weighted by Crippen LogP contribution is 2.33. The van der Waals surface area contributed by atoms with Crippen molar-refractivity contribution in [1.29, 1.82) is 0 Å². The monoisotopic (exact) mass is 286 g/mol. The third-order valence-electron chi connectivity index (χ3n) is 2.52. The third-order valence-corrected chi connectivity index (χ3v) is 4.37. The molecule has 1 aliphatic rings. The van der Waals surface area contributed by atoms with Gasteiger partial charge in [-0.3, -0.25) is 0 Å². The van der Waals surface area contributed by atoms with Crippen LogP contribution in [0.2, 0.25) is 0 Å². The zero-order valence-corrected chi connectivity index (χ0v) is 10.9. The summed E-state index contributed by atoms with van der Waals surface area (Å²) in [5.41, 5.74) is 6.84. The third kappa shape index (κ3) is 3.13. The second-order valence-corrected chi connectivity index (χ2v) is 6.03. The van der Waals surface area contributed by atoms with Crippen molar-refractivity contribution < 1.29 is 0 Å². The molecule has 0 saturated carbocycles. The van der Waals surface area contributed by atoms with Gasteiger partial charge in [0.1, 0.15) is 0 Å². The van der Waals surface area contributed by atoms with Gasteiger partial charge in [0.2, 0.25) is 0 Å². The molecule has 1 heterocycles. The molecule has 4 heteroatoms. The van der Waals surface area contributed by atoms with Crippen molar-refractivity contribution in [3.8, 4) is 0 Å². The first-order valence-corrected chi connectivity index (χ1v) is 6.85. The molecule has 0 amide bonds. The van der Waals surface area contributed by atoms with E-state index in [0.717, 1.165) is 23.2 Å². The first-order valence-electron chi connectivity index (χ1n) is 5.18. The summed E-state index contributed by atoms with van der Waals surface area (Å²) in [5.74, 6) is 0. The SMILES string of the molecule is Nc1cc(Br)ccc1SC1CCCNC1. The number of piperidine rings is 1. The number of hydrogen-bond donors (Lipinski definition) is 2. The second kappa shape index (κ2) is 5.23. The van der Waals surface area contributed by atoms with E-state index in [2.05, 4.69) is 33.4 Å². The molecule has 1 fully saturated rings. The molecule has 15 heavy (non-hydrogen) atoms. The fourth-order valence-electron chi connectivity index (χ4n) is 1.73. The molecular weight excluding hydrogens is 272 g/mol. The van der Waals surface area contributed by atoms with Gasteiger partial charge in [-0.1, -0.05) is 15.9 Å². The second-order valence-electron chi connectivity index (χ2n) is 3.77. The van der Waals surface area contributed by atoms with Crippen LogP contribution in [0.4, 0.5) is 5.69 Å². The Labute approximate surface area is 103 Å². The molecule has 1 saturated heterocycles. The predicted molar refractivity (Wildman–Crippen MR) is 70.3 cm³/mol. The van der Waals surface area contributed by atoms with Crippen molar-refractivity contribution in [2.75, 3.05) is 18.8 Å². The number of nitrogens with one attached hydrogen (secondary N) is 1. The van der Waals surface area contributed by atoms with Crippen molar-refractivity contribution in [1.82, 2.24) is 5.32 Å². The van der Waals surface area contributed by atoms with Gasteiger partial charge in [-0.05, 0) is 37.6 Å². The molecule has 1 unspecified atom stereocenters. The Balaban J connectivity index is 2.03.